The summed E-state index contributed by atoms with van der Waals surface area (Å²) in [4.78, 5) is 0. The molecular weight excluding hydrogens is 226 g/mol. The predicted molar refractivity (Wildman–Crippen MR) is 72.7 cm³/mol. The van der Waals surface area contributed by atoms with E-state index in [2.05, 4.69) is 18.3 Å². The lowest BCUT2D eigenvalue weighted by Crippen LogP contribution is -2.51. The molecule has 2 rings (SSSR count). The average Bonchev–Trinajstić information content (AvgIpc) is 3.05. The van der Waals surface area contributed by atoms with Crippen molar-refractivity contribution in [2.75, 3.05) is 13.7 Å². The van der Waals surface area contributed by atoms with Crippen LogP contribution in [0.15, 0.2) is 23.0 Å². The summed E-state index contributed by atoms with van der Waals surface area (Å²) in [6, 6.07) is 2.45. The summed E-state index contributed by atoms with van der Waals surface area (Å²) in [6.07, 6.45) is 10.6. The van der Waals surface area contributed by atoms with Gasteiger partial charge in [-0.2, -0.15) is 0 Å². The molecule has 1 heterocycles. The zero-order chi connectivity index (χ0) is 12.8. The third-order valence-corrected chi connectivity index (χ3v) is 4.15. The van der Waals surface area contributed by atoms with Crippen molar-refractivity contribution in [1.29, 1.82) is 0 Å². The van der Waals surface area contributed by atoms with E-state index in [0.717, 1.165) is 19.4 Å². The molecule has 1 N–H and O–H groups in total. The number of furan rings is 1. The molecule has 0 bridgehead atoms. The van der Waals surface area contributed by atoms with Gasteiger partial charge in [0, 0.05) is 13.2 Å². The average molecular weight is 251 g/mol. The van der Waals surface area contributed by atoms with Crippen LogP contribution in [0.3, 0.4) is 0 Å². The molecule has 0 amide bonds. The first kappa shape index (κ1) is 13.6. The molecule has 1 atom stereocenters. The topological polar surface area (TPSA) is 34.4 Å². The number of nitrogens with one attached hydrogen (secondary N) is 1. The van der Waals surface area contributed by atoms with Crippen LogP contribution >= 0.6 is 0 Å². The minimum atomic E-state index is 0.0203. The molecule has 102 valence electrons. The van der Waals surface area contributed by atoms with Crippen molar-refractivity contribution >= 4 is 0 Å². The van der Waals surface area contributed by atoms with Crippen molar-refractivity contribution in [1.82, 2.24) is 5.32 Å². The maximum absolute atomic E-state index is 5.91. The zero-order valence-corrected chi connectivity index (χ0v) is 11.6. The Kier molecular flexibility index (Phi) is 4.84. The van der Waals surface area contributed by atoms with Crippen molar-refractivity contribution in [3.63, 3.8) is 0 Å². The second-order valence-electron chi connectivity index (χ2n) is 5.32. The highest BCUT2D eigenvalue weighted by atomic mass is 16.5. The molecule has 1 fully saturated rings. The number of methoxy groups -OCH3 is 1. The van der Waals surface area contributed by atoms with Crippen LogP contribution in [0.5, 0.6) is 0 Å². The van der Waals surface area contributed by atoms with Crippen LogP contribution < -0.4 is 5.32 Å². The van der Waals surface area contributed by atoms with E-state index in [1.54, 1.807) is 6.26 Å². The SMILES string of the molecule is CCCNC(Cc1ccoc1)C1(OC)CCCC1. The molecular formula is C15H25NO2. The molecule has 0 spiro atoms. The zero-order valence-electron chi connectivity index (χ0n) is 11.6. The van der Waals surface area contributed by atoms with Crippen LogP contribution in [0.1, 0.15) is 44.6 Å². The summed E-state index contributed by atoms with van der Waals surface area (Å²) in [5.41, 5.74) is 1.28. The van der Waals surface area contributed by atoms with Crippen molar-refractivity contribution in [3.8, 4) is 0 Å². The van der Waals surface area contributed by atoms with E-state index in [1.807, 2.05) is 13.4 Å². The van der Waals surface area contributed by atoms with Crippen molar-refractivity contribution in [2.45, 2.75) is 57.1 Å². The van der Waals surface area contributed by atoms with Crippen LogP contribution in [-0.2, 0) is 11.2 Å². The Labute approximate surface area is 110 Å². The summed E-state index contributed by atoms with van der Waals surface area (Å²) in [5.74, 6) is 0. The Hall–Kier alpha value is -0.800. The third kappa shape index (κ3) is 2.96. The summed E-state index contributed by atoms with van der Waals surface area (Å²) >= 11 is 0. The molecule has 0 radical (unpaired) electrons. The van der Waals surface area contributed by atoms with Crippen molar-refractivity contribution < 1.29 is 9.15 Å². The van der Waals surface area contributed by atoms with Crippen molar-refractivity contribution in [3.05, 3.63) is 24.2 Å². The van der Waals surface area contributed by atoms with Gasteiger partial charge in [-0.1, -0.05) is 19.8 Å². The Morgan fingerprint density at radius 3 is 2.78 bits per heavy atom. The van der Waals surface area contributed by atoms with Gasteiger partial charge < -0.3 is 14.5 Å². The van der Waals surface area contributed by atoms with Gasteiger partial charge in [0.25, 0.3) is 0 Å². The maximum Gasteiger partial charge on any atom is 0.0935 e. The standard InChI is InChI=1S/C15H25NO2/c1-3-9-16-14(11-13-6-10-18-12-13)15(17-2)7-4-5-8-15/h6,10,12,14,16H,3-5,7-9,11H2,1-2H3. The Balaban J connectivity index is 2.07. The van der Waals surface area contributed by atoms with E-state index in [9.17, 15) is 0 Å². The molecule has 0 saturated heterocycles. The molecule has 1 unspecified atom stereocenters. The second kappa shape index (κ2) is 6.39. The molecule has 1 aromatic rings. The molecule has 3 heteroatoms. The van der Waals surface area contributed by atoms with E-state index < -0.39 is 0 Å². The fraction of sp³-hybridized carbons (Fsp3) is 0.733. The first-order valence-electron chi connectivity index (χ1n) is 7.10. The normalized spacial score (nSPS) is 20.1. The molecule has 0 aliphatic heterocycles. The van der Waals surface area contributed by atoms with Gasteiger partial charge in [0.05, 0.1) is 18.1 Å². The smallest absolute Gasteiger partial charge is 0.0935 e. The predicted octanol–water partition coefficient (Wildman–Crippen LogP) is 3.15. The summed E-state index contributed by atoms with van der Waals surface area (Å²) in [5, 5.41) is 3.67. The molecule has 18 heavy (non-hydrogen) atoms. The van der Waals surface area contributed by atoms with Crippen LogP contribution in [0.25, 0.3) is 0 Å². The molecule has 3 nitrogen and oxygen atoms in total. The highest BCUT2D eigenvalue weighted by molar-refractivity contribution is 5.11. The van der Waals surface area contributed by atoms with Gasteiger partial charge in [-0.05, 0) is 43.9 Å². The van der Waals surface area contributed by atoms with E-state index in [0.29, 0.717) is 6.04 Å². The lowest BCUT2D eigenvalue weighted by Gasteiger charge is -2.37. The lowest BCUT2D eigenvalue weighted by atomic mass is 9.87. The highest BCUT2D eigenvalue weighted by Crippen LogP contribution is 2.36. The number of ether oxygens (including phenoxy) is 1. The van der Waals surface area contributed by atoms with E-state index in [1.165, 1.54) is 31.2 Å². The van der Waals surface area contributed by atoms with Gasteiger partial charge in [0.1, 0.15) is 0 Å². The van der Waals surface area contributed by atoms with Crippen LogP contribution in [0, 0.1) is 0 Å². The minimum Gasteiger partial charge on any atom is -0.472 e. The Morgan fingerprint density at radius 2 is 2.22 bits per heavy atom. The van der Waals surface area contributed by atoms with Gasteiger partial charge >= 0.3 is 0 Å². The van der Waals surface area contributed by atoms with Gasteiger partial charge in [0.2, 0.25) is 0 Å². The molecule has 1 aliphatic rings. The van der Waals surface area contributed by atoms with Crippen molar-refractivity contribution in [2.24, 2.45) is 0 Å². The highest BCUT2D eigenvalue weighted by Gasteiger charge is 2.41. The summed E-state index contributed by atoms with van der Waals surface area (Å²) in [7, 11) is 1.86. The fourth-order valence-electron chi connectivity index (χ4n) is 3.08. The number of hydrogen-bond acceptors (Lipinski definition) is 3. The third-order valence-electron chi connectivity index (χ3n) is 4.15. The van der Waals surface area contributed by atoms with Gasteiger partial charge in [0.15, 0.2) is 0 Å². The van der Waals surface area contributed by atoms with E-state index in [-0.39, 0.29) is 5.60 Å². The van der Waals surface area contributed by atoms with E-state index >= 15 is 0 Å². The quantitative estimate of drug-likeness (QED) is 0.808. The largest absolute Gasteiger partial charge is 0.472 e. The lowest BCUT2D eigenvalue weighted by molar-refractivity contribution is -0.0354. The molecule has 1 aromatic heterocycles. The Bertz CT molecular complexity index is 328. The maximum atomic E-state index is 5.91. The van der Waals surface area contributed by atoms with Crippen LogP contribution in [0.2, 0.25) is 0 Å². The molecule has 1 saturated carbocycles. The van der Waals surface area contributed by atoms with Crippen LogP contribution in [-0.4, -0.2) is 25.3 Å². The van der Waals surface area contributed by atoms with Gasteiger partial charge in [-0.15, -0.1) is 0 Å². The minimum absolute atomic E-state index is 0.0203. The molecule has 1 aliphatic carbocycles. The second-order valence-corrected chi connectivity index (χ2v) is 5.32. The first-order valence-corrected chi connectivity index (χ1v) is 7.10. The molecule has 0 aromatic carbocycles. The monoisotopic (exact) mass is 251 g/mol. The first-order chi connectivity index (χ1) is 8.80. The van der Waals surface area contributed by atoms with Gasteiger partial charge in [-0.25, -0.2) is 0 Å². The van der Waals surface area contributed by atoms with E-state index in [4.69, 9.17) is 9.15 Å². The number of hydrogen-bond donors (Lipinski definition) is 1. The fourth-order valence-corrected chi connectivity index (χ4v) is 3.08. The number of rotatable bonds is 7. The Morgan fingerprint density at radius 1 is 1.44 bits per heavy atom. The summed E-state index contributed by atoms with van der Waals surface area (Å²) in [6.45, 7) is 3.25. The van der Waals surface area contributed by atoms with Crippen LogP contribution in [0.4, 0.5) is 0 Å². The summed E-state index contributed by atoms with van der Waals surface area (Å²) < 4.78 is 11.1. The van der Waals surface area contributed by atoms with Gasteiger partial charge in [-0.3, -0.25) is 0 Å².